The van der Waals surface area contributed by atoms with Gasteiger partial charge in [0.05, 0.1) is 10.9 Å². The minimum Gasteiger partial charge on any atom is -0.393 e. The molecule has 1 aliphatic rings. The van der Waals surface area contributed by atoms with Gasteiger partial charge in [0.15, 0.2) is 0 Å². The summed E-state index contributed by atoms with van der Waals surface area (Å²) in [5, 5.41) is 11.8. The SMILES string of the molecule is CC(Br)C(=O)NCC1CC(O)C1. The van der Waals surface area contributed by atoms with Gasteiger partial charge in [-0.15, -0.1) is 0 Å². The van der Waals surface area contributed by atoms with Crippen molar-refractivity contribution in [2.75, 3.05) is 6.54 Å². The fraction of sp³-hybridized carbons (Fsp3) is 0.875. The molecule has 1 amide bonds. The van der Waals surface area contributed by atoms with E-state index in [2.05, 4.69) is 21.2 Å². The zero-order valence-corrected chi connectivity index (χ0v) is 8.67. The fourth-order valence-corrected chi connectivity index (χ4v) is 1.41. The highest BCUT2D eigenvalue weighted by Crippen LogP contribution is 2.26. The molecule has 0 aromatic carbocycles. The molecule has 0 bridgehead atoms. The number of nitrogens with one attached hydrogen (secondary N) is 1. The van der Waals surface area contributed by atoms with Crippen LogP contribution >= 0.6 is 15.9 Å². The van der Waals surface area contributed by atoms with Crippen LogP contribution in [0.4, 0.5) is 0 Å². The zero-order chi connectivity index (χ0) is 9.14. The maximum Gasteiger partial charge on any atom is 0.233 e. The highest BCUT2D eigenvalue weighted by atomic mass is 79.9. The summed E-state index contributed by atoms with van der Waals surface area (Å²) in [7, 11) is 0. The predicted molar refractivity (Wildman–Crippen MR) is 50.1 cm³/mol. The van der Waals surface area contributed by atoms with E-state index in [4.69, 9.17) is 5.11 Å². The van der Waals surface area contributed by atoms with Crippen LogP contribution in [0.25, 0.3) is 0 Å². The molecule has 0 aliphatic heterocycles. The second-order valence-corrected chi connectivity index (χ2v) is 4.73. The first kappa shape index (κ1) is 9.99. The van der Waals surface area contributed by atoms with Gasteiger partial charge in [0.25, 0.3) is 0 Å². The van der Waals surface area contributed by atoms with Gasteiger partial charge in [-0.25, -0.2) is 0 Å². The normalized spacial score (nSPS) is 30.6. The number of alkyl halides is 1. The molecule has 2 N–H and O–H groups in total. The molecular weight excluding hydrogens is 222 g/mol. The number of aliphatic hydroxyl groups excluding tert-OH is 1. The third kappa shape index (κ3) is 2.75. The monoisotopic (exact) mass is 235 g/mol. The van der Waals surface area contributed by atoms with Crippen molar-refractivity contribution in [3.05, 3.63) is 0 Å². The smallest absolute Gasteiger partial charge is 0.233 e. The molecular formula is C8H14BrNO2. The van der Waals surface area contributed by atoms with Crippen LogP contribution in [0, 0.1) is 5.92 Å². The van der Waals surface area contributed by atoms with Crippen LogP contribution in [-0.2, 0) is 4.79 Å². The molecule has 4 heteroatoms. The summed E-state index contributed by atoms with van der Waals surface area (Å²) in [6.07, 6.45) is 1.53. The Morgan fingerprint density at radius 2 is 2.33 bits per heavy atom. The summed E-state index contributed by atoms with van der Waals surface area (Å²) in [5.41, 5.74) is 0. The van der Waals surface area contributed by atoms with E-state index in [1.54, 1.807) is 6.92 Å². The van der Waals surface area contributed by atoms with Gasteiger partial charge in [0, 0.05) is 6.54 Å². The van der Waals surface area contributed by atoms with E-state index < -0.39 is 0 Å². The van der Waals surface area contributed by atoms with Gasteiger partial charge in [-0.2, -0.15) is 0 Å². The molecule has 3 nitrogen and oxygen atoms in total. The standard InChI is InChI=1S/C8H14BrNO2/c1-5(9)8(12)10-4-6-2-7(11)3-6/h5-7,11H,2-4H2,1H3,(H,10,12). The molecule has 0 heterocycles. The maximum absolute atomic E-state index is 11.0. The molecule has 1 atom stereocenters. The fourth-order valence-electron chi connectivity index (χ4n) is 1.25. The van der Waals surface area contributed by atoms with E-state index in [0.29, 0.717) is 12.5 Å². The number of rotatable bonds is 3. The summed E-state index contributed by atoms with van der Waals surface area (Å²) in [6.45, 7) is 2.50. The molecule has 0 aromatic heterocycles. The molecule has 1 aliphatic carbocycles. The van der Waals surface area contributed by atoms with Crippen LogP contribution < -0.4 is 5.32 Å². The van der Waals surface area contributed by atoms with Crippen LogP contribution in [0.15, 0.2) is 0 Å². The number of amides is 1. The van der Waals surface area contributed by atoms with Gasteiger partial charge in [-0.1, -0.05) is 15.9 Å². The van der Waals surface area contributed by atoms with E-state index in [1.807, 2.05) is 0 Å². The lowest BCUT2D eigenvalue weighted by Gasteiger charge is -2.31. The Morgan fingerprint density at radius 1 is 1.75 bits per heavy atom. The molecule has 12 heavy (non-hydrogen) atoms. The summed E-state index contributed by atoms with van der Waals surface area (Å²) < 4.78 is 0. The Kier molecular flexibility index (Phi) is 3.53. The van der Waals surface area contributed by atoms with Crippen LogP contribution in [0.2, 0.25) is 0 Å². The van der Waals surface area contributed by atoms with Crippen LogP contribution in [-0.4, -0.2) is 28.5 Å². The summed E-state index contributed by atoms with van der Waals surface area (Å²) in [6, 6.07) is 0. The van der Waals surface area contributed by atoms with Gasteiger partial charge in [0.2, 0.25) is 5.91 Å². The quantitative estimate of drug-likeness (QED) is 0.707. The Balaban J connectivity index is 2.06. The van der Waals surface area contributed by atoms with Crippen molar-refractivity contribution in [2.45, 2.75) is 30.7 Å². The highest BCUT2D eigenvalue weighted by molar-refractivity contribution is 9.10. The molecule has 1 rings (SSSR count). The minimum atomic E-state index is -0.131. The molecule has 0 spiro atoms. The minimum absolute atomic E-state index is 0.0244. The lowest BCUT2D eigenvalue weighted by molar-refractivity contribution is -0.120. The maximum atomic E-state index is 11.0. The topological polar surface area (TPSA) is 49.3 Å². The van der Waals surface area contributed by atoms with Gasteiger partial charge >= 0.3 is 0 Å². The summed E-state index contributed by atoms with van der Waals surface area (Å²) >= 11 is 3.18. The third-order valence-electron chi connectivity index (χ3n) is 2.14. The molecule has 1 fully saturated rings. The van der Waals surface area contributed by atoms with E-state index in [0.717, 1.165) is 12.8 Å². The highest BCUT2D eigenvalue weighted by Gasteiger charge is 2.27. The van der Waals surface area contributed by atoms with Crippen molar-refractivity contribution >= 4 is 21.8 Å². The van der Waals surface area contributed by atoms with Crippen LogP contribution in [0.3, 0.4) is 0 Å². The van der Waals surface area contributed by atoms with Crippen molar-refractivity contribution in [1.29, 1.82) is 0 Å². The average Bonchev–Trinajstić information content (AvgIpc) is 1.95. The molecule has 1 unspecified atom stereocenters. The summed E-state index contributed by atoms with van der Waals surface area (Å²) in [5.74, 6) is 0.506. The molecule has 0 radical (unpaired) electrons. The number of carbonyl (C=O) groups excluding carboxylic acids is 1. The Morgan fingerprint density at radius 3 is 2.75 bits per heavy atom. The molecule has 70 valence electrons. The van der Waals surface area contributed by atoms with Crippen molar-refractivity contribution in [3.63, 3.8) is 0 Å². The Hall–Kier alpha value is -0.0900. The largest absolute Gasteiger partial charge is 0.393 e. The number of hydrogen-bond acceptors (Lipinski definition) is 2. The van der Waals surface area contributed by atoms with E-state index in [9.17, 15) is 4.79 Å². The van der Waals surface area contributed by atoms with Crippen molar-refractivity contribution in [2.24, 2.45) is 5.92 Å². The van der Waals surface area contributed by atoms with Gasteiger partial charge in [0.1, 0.15) is 0 Å². The first-order chi connectivity index (χ1) is 5.59. The second kappa shape index (κ2) is 4.23. The number of halogens is 1. The van der Waals surface area contributed by atoms with E-state index in [1.165, 1.54) is 0 Å². The Labute approximate surface area is 80.7 Å². The first-order valence-corrected chi connectivity index (χ1v) is 5.11. The second-order valence-electron chi connectivity index (χ2n) is 3.35. The molecule has 1 saturated carbocycles. The summed E-state index contributed by atoms with van der Waals surface area (Å²) in [4.78, 5) is 10.9. The van der Waals surface area contributed by atoms with E-state index >= 15 is 0 Å². The van der Waals surface area contributed by atoms with E-state index in [-0.39, 0.29) is 16.8 Å². The Bertz CT molecular complexity index is 166. The number of aliphatic hydroxyl groups is 1. The van der Waals surface area contributed by atoms with Crippen molar-refractivity contribution < 1.29 is 9.90 Å². The van der Waals surface area contributed by atoms with Gasteiger partial charge in [-0.05, 0) is 25.7 Å². The van der Waals surface area contributed by atoms with Crippen molar-refractivity contribution in [1.82, 2.24) is 5.32 Å². The van der Waals surface area contributed by atoms with Gasteiger partial charge < -0.3 is 10.4 Å². The lowest BCUT2D eigenvalue weighted by Crippen LogP contribution is -2.40. The molecule has 0 aromatic rings. The molecule has 0 saturated heterocycles. The predicted octanol–water partition coefficient (Wildman–Crippen LogP) is 0.657. The van der Waals surface area contributed by atoms with Crippen LogP contribution in [0.5, 0.6) is 0 Å². The number of carbonyl (C=O) groups is 1. The van der Waals surface area contributed by atoms with Gasteiger partial charge in [-0.3, -0.25) is 4.79 Å². The van der Waals surface area contributed by atoms with Crippen LogP contribution in [0.1, 0.15) is 19.8 Å². The zero-order valence-electron chi connectivity index (χ0n) is 7.09. The van der Waals surface area contributed by atoms with Crippen molar-refractivity contribution in [3.8, 4) is 0 Å². The first-order valence-electron chi connectivity index (χ1n) is 4.19. The lowest BCUT2D eigenvalue weighted by atomic mass is 9.82. The average molecular weight is 236 g/mol. The number of hydrogen-bond donors (Lipinski definition) is 2. The third-order valence-corrected chi connectivity index (χ3v) is 2.55.